The van der Waals surface area contributed by atoms with E-state index in [9.17, 15) is 4.39 Å². The Bertz CT molecular complexity index is 248. The SMILES string of the molecule is CCCCC(N)c1ccc(F)cc1.Cl. The van der Waals surface area contributed by atoms with Crippen molar-refractivity contribution in [2.24, 2.45) is 5.73 Å². The Balaban J connectivity index is 0.00000169. The number of halogens is 2. The van der Waals surface area contributed by atoms with Crippen LogP contribution in [0.2, 0.25) is 0 Å². The van der Waals surface area contributed by atoms with Crippen LogP contribution in [-0.2, 0) is 0 Å². The van der Waals surface area contributed by atoms with Crippen LogP contribution >= 0.6 is 12.4 Å². The third-order valence-corrected chi connectivity index (χ3v) is 2.17. The fourth-order valence-electron chi connectivity index (χ4n) is 1.30. The lowest BCUT2D eigenvalue weighted by molar-refractivity contribution is 0.597. The molecule has 0 aliphatic rings. The smallest absolute Gasteiger partial charge is 0.123 e. The van der Waals surface area contributed by atoms with Gasteiger partial charge in [-0.3, -0.25) is 0 Å². The van der Waals surface area contributed by atoms with Gasteiger partial charge in [0.25, 0.3) is 0 Å². The van der Waals surface area contributed by atoms with Crippen LogP contribution in [0.25, 0.3) is 0 Å². The molecule has 14 heavy (non-hydrogen) atoms. The summed E-state index contributed by atoms with van der Waals surface area (Å²) >= 11 is 0. The monoisotopic (exact) mass is 217 g/mol. The van der Waals surface area contributed by atoms with E-state index >= 15 is 0 Å². The summed E-state index contributed by atoms with van der Waals surface area (Å²) in [6.45, 7) is 2.14. The molecule has 0 aliphatic carbocycles. The third-order valence-electron chi connectivity index (χ3n) is 2.17. The van der Waals surface area contributed by atoms with E-state index in [2.05, 4.69) is 6.92 Å². The van der Waals surface area contributed by atoms with E-state index in [4.69, 9.17) is 5.73 Å². The number of nitrogens with two attached hydrogens (primary N) is 1. The summed E-state index contributed by atoms with van der Waals surface area (Å²) in [6.07, 6.45) is 3.25. The molecule has 0 radical (unpaired) electrons. The van der Waals surface area contributed by atoms with E-state index in [0.717, 1.165) is 24.8 Å². The first-order chi connectivity index (χ1) is 6.24. The van der Waals surface area contributed by atoms with Crippen molar-refractivity contribution >= 4 is 12.4 Å². The molecular formula is C11H17ClFN. The van der Waals surface area contributed by atoms with Gasteiger partial charge in [-0.15, -0.1) is 12.4 Å². The highest BCUT2D eigenvalue weighted by atomic mass is 35.5. The molecule has 1 rings (SSSR count). The van der Waals surface area contributed by atoms with E-state index in [1.165, 1.54) is 12.1 Å². The first-order valence-electron chi connectivity index (χ1n) is 4.75. The summed E-state index contributed by atoms with van der Waals surface area (Å²) in [7, 11) is 0. The second-order valence-electron chi connectivity index (χ2n) is 3.30. The van der Waals surface area contributed by atoms with Crippen molar-refractivity contribution in [2.75, 3.05) is 0 Å². The van der Waals surface area contributed by atoms with Gasteiger partial charge in [0.15, 0.2) is 0 Å². The predicted octanol–water partition coefficient (Wildman–Crippen LogP) is 3.44. The van der Waals surface area contributed by atoms with Gasteiger partial charge in [-0.1, -0.05) is 31.9 Å². The minimum absolute atomic E-state index is 0. The molecule has 2 N–H and O–H groups in total. The fraction of sp³-hybridized carbons (Fsp3) is 0.455. The number of benzene rings is 1. The molecule has 0 spiro atoms. The Morgan fingerprint density at radius 2 is 1.86 bits per heavy atom. The molecule has 0 saturated carbocycles. The highest BCUT2D eigenvalue weighted by Gasteiger charge is 2.04. The number of hydrogen-bond donors (Lipinski definition) is 1. The topological polar surface area (TPSA) is 26.0 Å². The van der Waals surface area contributed by atoms with Crippen molar-refractivity contribution in [3.05, 3.63) is 35.6 Å². The van der Waals surface area contributed by atoms with Crippen molar-refractivity contribution in [1.82, 2.24) is 0 Å². The molecule has 0 bridgehead atoms. The van der Waals surface area contributed by atoms with Crippen LogP contribution < -0.4 is 5.73 Å². The standard InChI is InChI=1S/C11H16FN.ClH/c1-2-3-4-11(13)9-5-7-10(12)8-6-9;/h5-8,11H,2-4,13H2,1H3;1H. The molecule has 80 valence electrons. The van der Waals surface area contributed by atoms with Crippen molar-refractivity contribution in [2.45, 2.75) is 32.2 Å². The highest BCUT2D eigenvalue weighted by Crippen LogP contribution is 2.16. The quantitative estimate of drug-likeness (QED) is 0.822. The van der Waals surface area contributed by atoms with Gasteiger partial charge in [0.05, 0.1) is 0 Å². The molecule has 0 aromatic heterocycles. The summed E-state index contributed by atoms with van der Waals surface area (Å²) in [5.41, 5.74) is 6.93. The summed E-state index contributed by atoms with van der Waals surface area (Å²) in [4.78, 5) is 0. The van der Waals surface area contributed by atoms with Crippen molar-refractivity contribution in [1.29, 1.82) is 0 Å². The zero-order chi connectivity index (χ0) is 9.68. The Labute approximate surface area is 90.9 Å². The fourth-order valence-corrected chi connectivity index (χ4v) is 1.30. The number of unbranched alkanes of at least 4 members (excludes halogenated alkanes) is 1. The molecule has 1 aromatic carbocycles. The zero-order valence-electron chi connectivity index (χ0n) is 8.37. The summed E-state index contributed by atoms with van der Waals surface area (Å²) in [5, 5.41) is 0. The van der Waals surface area contributed by atoms with Crippen LogP contribution in [0.4, 0.5) is 4.39 Å². The predicted molar refractivity (Wildman–Crippen MR) is 60.1 cm³/mol. The van der Waals surface area contributed by atoms with Gasteiger partial charge >= 0.3 is 0 Å². The van der Waals surface area contributed by atoms with Gasteiger partial charge < -0.3 is 5.73 Å². The zero-order valence-corrected chi connectivity index (χ0v) is 9.19. The first-order valence-corrected chi connectivity index (χ1v) is 4.75. The van der Waals surface area contributed by atoms with E-state index in [0.29, 0.717) is 0 Å². The molecular weight excluding hydrogens is 201 g/mol. The number of rotatable bonds is 4. The molecule has 0 aliphatic heterocycles. The summed E-state index contributed by atoms with van der Waals surface area (Å²) in [6, 6.07) is 6.49. The molecule has 1 unspecified atom stereocenters. The van der Waals surface area contributed by atoms with Gasteiger partial charge in [-0.25, -0.2) is 4.39 Å². The van der Waals surface area contributed by atoms with Crippen molar-refractivity contribution < 1.29 is 4.39 Å². The lowest BCUT2D eigenvalue weighted by Gasteiger charge is -2.10. The van der Waals surface area contributed by atoms with Crippen LogP contribution in [0.1, 0.15) is 37.8 Å². The number of hydrogen-bond acceptors (Lipinski definition) is 1. The van der Waals surface area contributed by atoms with Gasteiger partial charge in [0, 0.05) is 6.04 Å². The molecule has 1 nitrogen and oxygen atoms in total. The summed E-state index contributed by atoms with van der Waals surface area (Å²) < 4.78 is 12.6. The molecule has 0 heterocycles. The average Bonchev–Trinajstić information content (AvgIpc) is 2.15. The lowest BCUT2D eigenvalue weighted by Crippen LogP contribution is -2.09. The maximum absolute atomic E-state index is 12.6. The summed E-state index contributed by atoms with van der Waals surface area (Å²) in [5.74, 6) is -0.202. The van der Waals surface area contributed by atoms with Crippen LogP contribution in [0.3, 0.4) is 0 Å². The third kappa shape index (κ3) is 4.07. The second-order valence-corrected chi connectivity index (χ2v) is 3.30. The average molecular weight is 218 g/mol. The van der Waals surface area contributed by atoms with Crippen LogP contribution in [-0.4, -0.2) is 0 Å². The van der Waals surface area contributed by atoms with Crippen molar-refractivity contribution in [3.63, 3.8) is 0 Å². The molecule has 0 amide bonds. The van der Waals surface area contributed by atoms with Crippen molar-refractivity contribution in [3.8, 4) is 0 Å². The van der Waals surface area contributed by atoms with E-state index in [-0.39, 0.29) is 24.3 Å². The normalized spacial score (nSPS) is 11.9. The Kier molecular flexibility index (Phi) is 6.50. The highest BCUT2D eigenvalue weighted by molar-refractivity contribution is 5.85. The second kappa shape index (κ2) is 6.80. The van der Waals surface area contributed by atoms with Crippen LogP contribution in [0.15, 0.2) is 24.3 Å². The maximum Gasteiger partial charge on any atom is 0.123 e. The minimum Gasteiger partial charge on any atom is -0.324 e. The lowest BCUT2D eigenvalue weighted by atomic mass is 10.0. The van der Waals surface area contributed by atoms with Crippen LogP contribution in [0.5, 0.6) is 0 Å². The molecule has 1 aromatic rings. The van der Waals surface area contributed by atoms with Gasteiger partial charge in [-0.05, 0) is 24.1 Å². The minimum atomic E-state index is -0.202. The Hall–Kier alpha value is -0.600. The molecule has 0 fully saturated rings. The van der Waals surface area contributed by atoms with Gasteiger partial charge in [-0.2, -0.15) is 0 Å². The van der Waals surface area contributed by atoms with E-state index in [1.807, 2.05) is 0 Å². The Morgan fingerprint density at radius 3 is 2.36 bits per heavy atom. The van der Waals surface area contributed by atoms with Crippen LogP contribution in [0, 0.1) is 5.82 Å². The van der Waals surface area contributed by atoms with Gasteiger partial charge in [0.1, 0.15) is 5.82 Å². The van der Waals surface area contributed by atoms with Gasteiger partial charge in [0.2, 0.25) is 0 Å². The van der Waals surface area contributed by atoms with E-state index in [1.54, 1.807) is 12.1 Å². The van der Waals surface area contributed by atoms with E-state index < -0.39 is 0 Å². The maximum atomic E-state index is 12.6. The molecule has 1 atom stereocenters. The first kappa shape index (κ1) is 13.4. The largest absolute Gasteiger partial charge is 0.324 e. The molecule has 0 saturated heterocycles. The Morgan fingerprint density at radius 1 is 1.29 bits per heavy atom. The molecule has 3 heteroatoms.